The Hall–Kier alpha value is -1.16. The van der Waals surface area contributed by atoms with Gasteiger partial charge < -0.3 is 10.2 Å². The Morgan fingerprint density at radius 1 is 1.44 bits per heavy atom. The van der Waals surface area contributed by atoms with Crippen LogP contribution in [0.1, 0.15) is 20.3 Å². The van der Waals surface area contributed by atoms with Crippen LogP contribution >= 0.6 is 0 Å². The largest absolute Gasteiger partial charge is 0.366 e. The highest BCUT2D eigenvalue weighted by Gasteiger charge is 2.25. The van der Waals surface area contributed by atoms with Crippen LogP contribution in [0.25, 0.3) is 0 Å². The molecule has 2 unspecified atom stereocenters. The molecule has 4 heteroatoms. The fraction of sp³-hybridized carbons (Fsp3) is 0.571. The van der Waals surface area contributed by atoms with E-state index in [1.165, 1.54) is 0 Å². The summed E-state index contributed by atoms with van der Waals surface area (Å²) in [6, 6.07) is 4.71. The third-order valence-electron chi connectivity index (χ3n) is 3.81. The Morgan fingerprint density at radius 2 is 2.22 bits per heavy atom. The summed E-state index contributed by atoms with van der Waals surface area (Å²) >= 11 is 0. The van der Waals surface area contributed by atoms with E-state index in [0.29, 0.717) is 24.2 Å². The van der Waals surface area contributed by atoms with Gasteiger partial charge in [0.25, 0.3) is 0 Å². The highest BCUT2D eigenvalue weighted by molar-refractivity contribution is 5.48. The molecular weight excluding hydrogens is 234 g/mol. The number of nitrogens with one attached hydrogen (secondary N) is 1. The smallest absolute Gasteiger partial charge is 0.182 e. The van der Waals surface area contributed by atoms with Crippen molar-refractivity contribution in [3.8, 4) is 0 Å². The molecule has 0 aromatic heterocycles. The zero-order valence-corrected chi connectivity index (χ0v) is 10.9. The Kier molecular flexibility index (Phi) is 4.17. The average molecular weight is 254 g/mol. The van der Waals surface area contributed by atoms with Crippen molar-refractivity contribution in [2.45, 2.75) is 26.3 Å². The van der Waals surface area contributed by atoms with Gasteiger partial charge in [-0.3, -0.25) is 0 Å². The lowest BCUT2D eigenvalue weighted by molar-refractivity contribution is 0.340. The van der Waals surface area contributed by atoms with Crippen LogP contribution < -0.4 is 10.2 Å². The standard InChI is InChI=1S/C14H20F2N2/c1-3-10(2)12-9-18(8-7-17-12)13-6-4-5-11(15)14(13)16/h4-6,10,12,17H,3,7-9H2,1-2H3. The topological polar surface area (TPSA) is 15.3 Å². The van der Waals surface area contributed by atoms with Crippen molar-refractivity contribution in [1.29, 1.82) is 0 Å². The summed E-state index contributed by atoms with van der Waals surface area (Å²) in [4.78, 5) is 1.94. The van der Waals surface area contributed by atoms with Crippen LogP contribution in [-0.4, -0.2) is 25.7 Å². The van der Waals surface area contributed by atoms with Crippen molar-refractivity contribution in [2.75, 3.05) is 24.5 Å². The number of hydrogen-bond donors (Lipinski definition) is 1. The third kappa shape index (κ3) is 2.64. The predicted octanol–water partition coefficient (Wildman–Crippen LogP) is 2.79. The summed E-state index contributed by atoms with van der Waals surface area (Å²) in [5.41, 5.74) is 0.379. The van der Waals surface area contributed by atoms with E-state index in [0.717, 1.165) is 25.6 Å². The number of nitrogens with zero attached hydrogens (tertiary/aromatic N) is 1. The van der Waals surface area contributed by atoms with Gasteiger partial charge in [-0.15, -0.1) is 0 Å². The lowest BCUT2D eigenvalue weighted by Crippen LogP contribution is -2.53. The van der Waals surface area contributed by atoms with Gasteiger partial charge in [0, 0.05) is 25.7 Å². The summed E-state index contributed by atoms with van der Waals surface area (Å²) in [5.74, 6) is -0.974. The van der Waals surface area contributed by atoms with Crippen molar-refractivity contribution < 1.29 is 8.78 Å². The molecule has 0 aliphatic carbocycles. The van der Waals surface area contributed by atoms with Crippen LogP contribution in [0.2, 0.25) is 0 Å². The fourth-order valence-corrected chi connectivity index (χ4v) is 2.40. The van der Waals surface area contributed by atoms with Gasteiger partial charge in [0.05, 0.1) is 5.69 Å². The van der Waals surface area contributed by atoms with Gasteiger partial charge >= 0.3 is 0 Å². The summed E-state index contributed by atoms with van der Waals surface area (Å²) in [6.07, 6.45) is 1.08. The number of rotatable bonds is 3. The van der Waals surface area contributed by atoms with Crippen molar-refractivity contribution in [1.82, 2.24) is 5.32 Å². The van der Waals surface area contributed by atoms with Crippen LogP contribution in [0.3, 0.4) is 0 Å². The molecule has 1 saturated heterocycles. The molecule has 0 radical (unpaired) electrons. The van der Waals surface area contributed by atoms with E-state index in [1.807, 2.05) is 4.90 Å². The number of hydrogen-bond acceptors (Lipinski definition) is 2. The maximum atomic E-state index is 13.8. The molecule has 2 rings (SSSR count). The third-order valence-corrected chi connectivity index (χ3v) is 3.81. The molecule has 0 spiro atoms. The van der Waals surface area contributed by atoms with Crippen molar-refractivity contribution >= 4 is 5.69 Å². The van der Waals surface area contributed by atoms with E-state index in [4.69, 9.17) is 0 Å². The molecule has 0 bridgehead atoms. The van der Waals surface area contributed by atoms with E-state index in [2.05, 4.69) is 19.2 Å². The van der Waals surface area contributed by atoms with Crippen molar-refractivity contribution in [3.63, 3.8) is 0 Å². The second-order valence-electron chi connectivity index (χ2n) is 4.97. The van der Waals surface area contributed by atoms with E-state index < -0.39 is 11.6 Å². The van der Waals surface area contributed by atoms with Gasteiger partial charge in [0.1, 0.15) is 0 Å². The molecule has 1 aromatic rings. The van der Waals surface area contributed by atoms with Gasteiger partial charge in [0.15, 0.2) is 11.6 Å². The first-order valence-electron chi connectivity index (χ1n) is 6.55. The van der Waals surface area contributed by atoms with Gasteiger partial charge in [-0.1, -0.05) is 26.3 Å². The number of anilines is 1. The molecule has 100 valence electrons. The Labute approximate surface area is 107 Å². The predicted molar refractivity (Wildman–Crippen MR) is 69.8 cm³/mol. The van der Waals surface area contributed by atoms with Crippen molar-refractivity contribution in [3.05, 3.63) is 29.8 Å². The molecule has 1 aliphatic heterocycles. The monoisotopic (exact) mass is 254 g/mol. The van der Waals surface area contributed by atoms with Crippen LogP contribution in [0, 0.1) is 17.6 Å². The molecule has 1 fully saturated rings. The Bertz CT molecular complexity index is 409. The molecule has 18 heavy (non-hydrogen) atoms. The summed E-state index contributed by atoms with van der Waals surface area (Å²) < 4.78 is 27.0. The first-order chi connectivity index (χ1) is 8.63. The molecule has 1 aliphatic rings. The highest BCUT2D eigenvalue weighted by Crippen LogP contribution is 2.24. The minimum absolute atomic E-state index is 0.339. The quantitative estimate of drug-likeness (QED) is 0.892. The van der Waals surface area contributed by atoms with E-state index in [1.54, 1.807) is 12.1 Å². The van der Waals surface area contributed by atoms with E-state index in [9.17, 15) is 8.78 Å². The first kappa shape index (κ1) is 13.3. The van der Waals surface area contributed by atoms with Crippen LogP contribution in [0.4, 0.5) is 14.5 Å². The van der Waals surface area contributed by atoms with Gasteiger partial charge in [-0.05, 0) is 18.1 Å². The minimum Gasteiger partial charge on any atom is -0.366 e. The summed E-state index contributed by atoms with van der Waals surface area (Å²) in [6.45, 7) is 6.59. The molecule has 1 aromatic carbocycles. The number of halogens is 2. The fourth-order valence-electron chi connectivity index (χ4n) is 2.40. The number of benzene rings is 1. The SMILES string of the molecule is CCC(C)C1CN(c2cccc(F)c2F)CCN1. The Morgan fingerprint density at radius 3 is 2.94 bits per heavy atom. The molecule has 2 atom stereocenters. The zero-order chi connectivity index (χ0) is 13.1. The van der Waals surface area contributed by atoms with Crippen LogP contribution in [0.5, 0.6) is 0 Å². The molecule has 1 heterocycles. The highest BCUT2D eigenvalue weighted by atomic mass is 19.2. The molecule has 0 amide bonds. The average Bonchev–Trinajstić information content (AvgIpc) is 2.41. The molecule has 0 saturated carbocycles. The van der Waals surface area contributed by atoms with Crippen molar-refractivity contribution in [2.24, 2.45) is 5.92 Å². The second-order valence-corrected chi connectivity index (χ2v) is 4.97. The van der Waals surface area contributed by atoms with E-state index in [-0.39, 0.29) is 0 Å². The van der Waals surface area contributed by atoms with Gasteiger partial charge in [-0.25, -0.2) is 8.78 Å². The normalized spacial score (nSPS) is 22.0. The Balaban J connectivity index is 2.15. The lowest BCUT2D eigenvalue weighted by atomic mass is 9.97. The second kappa shape index (κ2) is 5.65. The summed E-state index contributed by atoms with van der Waals surface area (Å²) in [7, 11) is 0. The van der Waals surface area contributed by atoms with Gasteiger partial charge in [-0.2, -0.15) is 0 Å². The maximum absolute atomic E-state index is 13.8. The summed E-state index contributed by atoms with van der Waals surface area (Å²) in [5, 5.41) is 3.45. The minimum atomic E-state index is -0.772. The molecule has 1 N–H and O–H groups in total. The molecular formula is C14H20F2N2. The first-order valence-corrected chi connectivity index (χ1v) is 6.55. The lowest BCUT2D eigenvalue weighted by Gasteiger charge is -2.38. The molecule has 2 nitrogen and oxygen atoms in total. The van der Waals surface area contributed by atoms with E-state index >= 15 is 0 Å². The maximum Gasteiger partial charge on any atom is 0.182 e. The zero-order valence-electron chi connectivity index (χ0n) is 10.9. The number of piperazine rings is 1. The van der Waals surface area contributed by atoms with Crippen LogP contribution in [-0.2, 0) is 0 Å². The van der Waals surface area contributed by atoms with Crippen LogP contribution in [0.15, 0.2) is 18.2 Å². The van der Waals surface area contributed by atoms with Gasteiger partial charge in [0.2, 0.25) is 0 Å².